The lowest BCUT2D eigenvalue weighted by molar-refractivity contribution is 0.0974. The van der Waals surface area contributed by atoms with Gasteiger partial charge in [0.15, 0.2) is 0 Å². The molecule has 0 N–H and O–H groups in total. The van der Waals surface area contributed by atoms with Crippen molar-refractivity contribution >= 4 is 27.5 Å². The molecule has 1 atom stereocenters. The van der Waals surface area contributed by atoms with Crippen LogP contribution in [-0.4, -0.2) is 26.2 Å². The molecule has 0 aliphatic carbocycles. The molecule has 0 bridgehead atoms. The number of para-hydroxylation sites is 1. The Bertz CT molecular complexity index is 750. The molecule has 4 nitrogen and oxygen atoms in total. The van der Waals surface area contributed by atoms with Gasteiger partial charge in [-0.1, -0.05) is 18.2 Å². The molecule has 1 aliphatic heterocycles. The van der Waals surface area contributed by atoms with Gasteiger partial charge in [-0.25, -0.2) is 0 Å². The lowest BCUT2D eigenvalue weighted by Crippen LogP contribution is -2.42. The van der Waals surface area contributed by atoms with Crippen LogP contribution in [0.5, 0.6) is 11.5 Å². The Morgan fingerprint density at radius 2 is 1.79 bits per heavy atom. The zero-order valence-corrected chi connectivity index (χ0v) is 15.6. The van der Waals surface area contributed by atoms with E-state index in [-0.39, 0.29) is 11.9 Å². The summed E-state index contributed by atoms with van der Waals surface area (Å²) < 4.78 is 11.4. The fraction of sp³-hybridized carbons (Fsp3) is 0.316. The van der Waals surface area contributed by atoms with Crippen molar-refractivity contribution < 1.29 is 14.3 Å². The van der Waals surface area contributed by atoms with Gasteiger partial charge in [0.05, 0.1) is 14.2 Å². The average molecular weight is 390 g/mol. The largest absolute Gasteiger partial charge is 0.495 e. The Morgan fingerprint density at radius 3 is 2.42 bits per heavy atom. The van der Waals surface area contributed by atoms with E-state index in [0.29, 0.717) is 21.5 Å². The van der Waals surface area contributed by atoms with E-state index in [1.807, 2.05) is 23.1 Å². The second-order valence-corrected chi connectivity index (χ2v) is 6.68. The first-order valence-corrected chi connectivity index (χ1v) is 8.69. The third-order valence-corrected chi connectivity index (χ3v) is 5.22. The SMILES string of the molecule is COc1cc(C(=O)N2c3ccccc3CCC2C)cc(OC)c1Br. The molecule has 0 fully saturated rings. The normalized spacial score (nSPS) is 16.5. The van der Waals surface area contributed by atoms with Crippen molar-refractivity contribution in [2.75, 3.05) is 19.1 Å². The van der Waals surface area contributed by atoms with Gasteiger partial charge in [-0.15, -0.1) is 0 Å². The van der Waals surface area contributed by atoms with Crippen molar-refractivity contribution in [1.82, 2.24) is 0 Å². The highest BCUT2D eigenvalue weighted by Crippen LogP contribution is 2.37. The van der Waals surface area contributed by atoms with E-state index in [1.54, 1.807) is 26.4 Å². The summed E-state index contributed by atoms with van der Waals surface area (Å²) in [5, 5.41) is 0. The molecule has 24 heavy (non-hydrogen) atoms. The van der Waals surface area contributed by atoms with Crippen LogP contribution in [0.25, 0.3) is 0 Å². The van der Waals surface area contributed by atoms with Crippen LogP contribution in [0, 0.1) is 0 Å². The third kappa shape index (κ3) is 2.88. The van der Waals surface area contributed by atoms with Gasteiger partial charge in [0.2, 0.25) is 0 Å². The highest BCUT2D eigenvalue weighted by Gasteiger charge is 2.29. The Morgan fingerprint density at radius 1 is 1.17 bits per heavy atom. The summed E-state index contributed by atoms with van der Waals surface area (Å²) in [6.45, 7) is 2.08. The van der Waals surface area contributed by atoms with E-state index in [2.05, 4.69) is 28.9 Å². The molecule has 1 amide bonds. The number of methoxy groups -OCH3 is 2. The maximum Gasteiger partial charge on any atom is 0.258 e. The number of benzene rings is 2. The molecule has 0 saturated carbocycles. The lowest BCUT2D eigenvalue weighted by atomic mass is 9.95. The van der Waals surface area contributed by atoms with E-state index in [4.69, 9.17) is 9.47 Å². The maximum absolute atomic E-state index is 13.2. The van der Waals surface area contributed by atoms with Gasteiger partial charge >= 0.3 is 0 Å². The number of halogens is 1. The number of amides is 1. The number of carbonyl (C=O) groups is 1. The minimum Gasteiger partial charge on any atom is -0.495 e. The van der Waals surface area contributed by atoms with Crippen molar-refractivity contribution in [2.45, 2.75) is 25.8 Å². The zero-order valence-electron chi connectivity index (χ0n) is 14.0. The summed E-state index contributed by atoms with van der Waals surface area (Å²) in [6.07, 6.45) is 1.95. The van der Waals surface area contributed by atoms with Crippen molar-refractivity contribution in [2.24, 2.45) is 0 Å². The highest BCUT2D eigenvalue weighted by molar-refractivity contribution is 9.10. The number of carbonyl (C=O) groups excluding carboxylic acids is 1. The van der Waals surface area contributed by atoms with Crippen LogP contribution in [0.1, 0.15) is 29.3 Å². The number of nitrogens with zero attached hydrogens (tertiary/aromatic N) is 1. The van der Waals surface area contributed by atoms with Crippen molar-refractivity contribution in [3.63, 3.8) is 0 Å². The van der Waals surface area contributed by atoms with Crippen LogP contribution in [0.15, 0.2) is 40.9 Å². The topological polar surface area (TPSA) is 38.8 Å². The first-order valence-electron chi connectivity index (χ1n) is 7.89. The van der Waals surface area contributed by atoms with Gasteiger partial charge in [0.25, 0.3) is 5.91 Å². The van der Waals surface area contributed by atoms with Crippen molar-refractivity contribution in [3.8, 4) is 11.5 Å². The second kappa shape index (κ2) is 6.85. The predicted molar refractivity (Wildman–Crippen MR) is 98.3 cm³/mol. The number of anilines is 1. The second-order valence-electron chi connectivity index (χ2n) is 5.89. The van der Waals surface area contributed by atoms with Crippen LogP contribution in [0.3, 0.4) is 0 Å². The van der Waals surface area contributed by atoms with Crippen LogP contribution in [-0.2, 0) is 6.42 Å². The smallest absolute Gasteiger partial charge is 0.258 e. The quantitative estimate of drug-likeness (QED) is 0.778. The highest BCUT2D eigenvalue weighted by atomic mass is 79.9. The molecule has 2 aromatic carbocycles. The number of ether oxygens (including phenoxy) is 2. The van der Waals surface area contributed by atoms with Crippen LogP contribution in [0.2, 0.25) is 0 Å². The number of rotatable bonds is 3. The van der Waals surface area contributed by atoms with Crippen molar-refractivity contribution in [1.29, 1.82) is 0 Å². The monoisotopic (exact) mass is 389 g/mol. The Balaban J connectivity index is 2.06. The Labute approximate surface area is 150 Å². The maximum atomic E-state index is 13.2. The lowest BCUT2D eigenvalue weighted by Gasteiger charge is -2.35. The van der Waals surface area contributed by atoms with Crippen LogP contribution >= 0.6 is 15.9 Å². The zero-order chi connectivity index (χ0) is 17.3. The summed E-state index contributed by atoms with van der Waals surface area (Å²) in [5.41, 5.74) is 2.75. The van der Waals surface area contributed by atoms with Gasteiger partial charge in [-0.2, -0.15) is 0 Å². The number of aryl methyl sites for hydroxylation is 1. The minimum absolute atomic E-state index is 0.0428. The Kier molecular flexibility index (Phi) is 4.81. The number of hydrogen-bond donors (Lipinski definition) is 0. The Hall–Kier alpha value is -2.01. The predicted octanol–water partition coefficient (Wildman–Crippen LogP) is 4.45. The third-order valence-electron chi connectivity index (χ3n) is 4.43. The molecule has 0 radical (unpaired) electrons. The van der Waals surface area contributed by atoms with E-state index in [1.165, 1.54) is 5.56 Å². The standard InChI is InChI=1S/C19H20BrNO3/c1-12-8-9-13-6-4-5-7-15(13)21(12)19(22)14-10-16(23-2)18(20)17(11-14)24-3/h4-7,10-12H,8-9H2,1-3H3. The van der Waals surface area contributed by atoms with E-state index >= 15 is 0 Å². The van der Waals surface area contributed by atoms with Gasteiger partial charge in [0.1, 0.15) is 16.0 Å². The summed E-state index contributed by atoms with van der Waals surface area (Å²) in [7, 11) is 3.15. The summed E-state index contributed by atoms with van der Waals surface area (Å²) in [6, 6.07) is 11.7. The first kappa shape index (κ1) is 16.8. The van der Waals surface area contributed by atoms with E-state index < -0.39 is 0 Å². The minimum atomic E-state index is -0.0428. The molecule has 0 aromatic heterocycles. The fourth-order valence-electron chi connectivity index (χ4n) is 3.13. The van der Waals surface area contributed by atoms with Gasteiger partial charge in [0, 0.05) is 17.3 Å². The van der Waals surface area contributed by atoms with Gasteiger partial charge in [-0.3, -0.25) is 4.79 Å². The van der Waals surface area contributed by atoms with Crippen LogP contribution in [0.4, 0.5) is 5.69 Å². The summed E-state index contributed by atoms with van der Waals surface area (Å²) in [4.78, 5) is 15.1. The molecule has 126 valence electrons. The molecule has 1 unspecified atom stereocenters. The molecular weight excluding hydrogens is 370 g/mol. The molecule has 2 aromatic rings. The van der Waals surface area contributed by atoms with Crippen molar-refractivity contribution in [3.05, 3.63) is 52.0 Å². The average Bonchev–Trinajstić information content (AvgIpc) is 2.61. The fourth-order valence-corrected chi connectivity index (χ4v) is 3.68. The van der Waals surface area contributed by atoms with E-state index in [0.717, 1.165) is 18.5 Å². The number of fused-ring (bicyclic) bond motifs is 1. The van der Waals surface area contributed by atoms with Gasteiger partial charge in [-0.05, 0) is 59.5 Å². The molecule has 1 heterocycles. The molecule has 0 spiro atoms. The molecule has 5 heteroatoms. The molecule has 1 aliphatic rings. The van der Waals surface area contributed by atoms with Crippen LogP contribution < -0.4 is 14.4 Å². The molecule has 3 rings (SSSR count). The first-order chi connectivity index (χ1) is 11.6. The summed E-state index contributed by atoms with van der Waals surface area (Å²) >= 11 is 3.44. The molecular formula is C19H20BrNO3. The van der Waals surface area contributed by atoms with E-state index in [9.17, 15) is 4.79 Å². The summed E-state index contributed by atoms with van der Waals surface area (Å²) in [5.74, 6) is 1.12. The number of hydrogen-bond acceptors (Lipinski definition) is 3. The van der Waals surface area contributed by atoms with Gasteiger partial charge < -0.3 is 14.4 Å². The molecule has 0 saturated heterocycles.